The Bertz CT molecular complexity index is 369. The van der Waals surface area contributed by atoms with Gasteiger partial charge in [0.25, 0.3) is 0 Å². The van der Waals surface area contributed by atoms with E-state index in [1.807, 2.05) is 21.1 Å². The monoisotopic (exact) mass is 239 g/mol. The van der Waals surface area contributed by atoms with E-state index in [2.05, 4.69) is 14.7 Å². The van der Waals surface area contributed by atoms with Gasteiger partial charge in [-0.1, -0.05) is 0 Å². The van der Waals surface area contributed by atoms with Crippen LogP contribution in [0.25, 0.3) is 0 Å². The number of nitrogens with zero attached hydrogens (tertiary/aromatic N) is 3. The number of rotatable bonds is 0. The molecule has 17 heavy (non-hydrogen) atoms. The Morgan fingerprint density at radius 1 is 0.824 bits per heavy atom. The van der Waals surface area contributed by atoms with Crippen molar-refractivity contribution < 1.29 is 14.2 Å². The van der Waals surface area contributed by atoms with E-state index in [-0.39, 0.29) is 0 Å². The maximum absolute atomic E-state index is 5.70. The van der Waals surface area contributed by atoms with Gasteiger partial charge in [-0.2, -0.15) is 0 Å². The first kappa shape index (κ1) is 10.4. The van der Waals surface area contributed by atoms with E-state index < -0.39 is 0 Å². The second-order valence-corrected chi connectivity index (χ2v) is 4.42. The van der Waals surface area contributed by atoms with Crippen molar-refractivity contribution in [3.8, 4) is 0 Å². The molecule has 0 amide bonds. The number of hydrogen-bond donors (Lipinski definition) is 0. The number of hydrogen-bond acceptors (Lipinski definition) is 6. The minimum Gasteiger partial charge on any atom is -0.461 e. The molecule has 0 N–H and O–H groups in total. The molecule has 0 bridgehead atoms. The van der Waals surface area contributed by atoms with Crippen molar-refractivity contribution in [2.45, 2.75) is 0 Å². The Balaban J connectivity index is 1.98. The van der Waals surface area contributed by atoms with Crippen molar-refractivity contribution in [1.29, 1.82) is 0 Å². The average Bonchev–Trinajstić information content (AvgIpc) is 2.28. The van der Waals surface area contributed by atoms with Gasteiger partial charge in [0.15, 0.2) is 11.6 Å². The Morgan fingerprint density at radius 2 is 1.29 bits per heavy atom. The average molecular weight is 239 g/mol. The lowest BCUT2D eigenvalue weighted by Crippen LogP contribution is -2.46. The molecule has 3 aliphatic heterocycles. The van der Waals surface area contributed by atoms with Crippen LogP contribution in [-0.4, -0.2) is 62.1 Å². The van der Waals surface area contributed by atoms with Crippen molar-refractivity contribution >= 4 is 0 Å². The fourth-order valence-electron chi connectivity index (χ4n) is 2.32. The zero-order chi connectivity index (χ0) is 12.0. The van der Waals surface area contributed by atoms with Crippen LogP contribution in [0.15, 0.2) is 23.5 Å². The van der Waals surface area contributed by atoms with E-state index >= 15 is 0 Å². The molecule has 0 unspecified atom stereocenters. The lowest BCUT2D eigenvalue weighted by Gasteiger charge is -2.43. The van der Waals surface area contributed by atoms with Gasteiger partial charge in [0, 0.05) is 21.1 Å². The van der Waals surface area contributed by atoms with Crippen molar-refractivity contribution in [2.24, 2.45) is 0 Å². The molecular formula is C11H17N3O3. The van der Waals surface area contributed by atoms with Gasteiger partial charge >= 0.3 is 11.9 Å². The van der Waals surface area contributed by atoms with Gasteiger partial charge in [0.2, 0.25) is 0 Å². The quantitative estimate of drug-likeness (QED) is 0.598. The largest absolute Gasteiger partial charge is 0.461 e. The van der Waals surface area contributed by atoms with Gasteiger partial charge in [-0.05, 0) is 0 Å². The highest BCUT2D eigenvalue weighted by atomic mass is 16.8. The molecule has 3 heterocycles. The summed E-state index contributed by atoms with van der Waals surface area (Å²) in [7, 11) is 6.07. The van der Waals surface area contributed by atoms with Crippen molar-refractivity contribution in [3.05, 3.63) is 23.5 Å². The van der Waals surface area contributed by atoms with Gasteiger partial charge in [-0.15, -0.1) is 0 Å². The lowest BCUT2D eigenvalue weighted by atomic mass is 10.3. The molecule has 3 aliphatic rings. The highest BCUT2D eigenvalue weighted by Crippen LogP contribution is 2.34. The van der Waals surface area contributed by atoms with Gasteiger partial charge in [0.1, 0.15) is 13.2 Å². The summed E-state index contributed by atoms with van der Waals surface area (Å²) in [6.07, 6.45) is 0. The van der Waals surface area contributed by atoms with Gasteiger partial charge < -0.3 is 28.9 Å². The van der Waals surface area contributed by atoms with Crippen LogP contribution in [-0.2, 0) is 14.2 Å². The SMILES string of the molecule is CN1CCOC2=C1N(C)C1=C(OCCN1C)O2. The molecule has 3 rings (SSSR count). The Hall–Kier alpha value is -1.72. The van der Waals surface area contributed by atoms with Crippen LogP contribution in [0.5, 0.6) is 0 Å². The van der Waals surface area contributed by atoms with Crippen LogP contribution in [0.4, 0.5) is 0 Å². The summed E-state index contributed by atoms with van der Waals surface area (Å²) in [5.74, 6) is 2.98. The predicted octanol–water partition coefficient (Wildman–Crippen LogP) is 0.126. The maximum atomic E-state index is 5.70. The van der Waals surface area contributed by atoms with E-state index in [0.717, 1.165) is 24.7 Å². The fraction of sp³-hybridized carbons (Fsp3) is 0.636. The zero-order valence-corrected chi connectivity index (χ0v) is 10.4. The Labute approximate surface area is 101 Å². The third kappa shape index (κ3) is 1.47. The maximum Gasteiger partial charge on any atom is 0.330 e. The Morgan fingerprint density at radius 3 is 1.76 bits per heavy atom. The molecule has 0 aromatic rings. The third-order valence-corrected chi connectivity index (χ3v) is 3.23. The van der Waals surface area contributed by atoms with Crippen LogP contribution >= 0.6 is 0 Å². The molecule has 6 nitrogen and oxygen atoms in total. The molecule has 0 fully saturated rings. The van der Waals surface area contributed by atoms with E-state index in [4.69, 9.17) is 14.2 Å². The minimum absolute atomic E-state index is 0.537. The van der Waals surface area contributed by atoms with Crippen molar-refractivity contribution in [1.82, 2.24) is 14.7 Å². The van der Waals surface area contributed by atoms with Gasteiger partial charge in [-0.3, -0.25) is 0 Å². The molecule has 0 atom stereocenters. The molecule has 0 saturated heterocycles. The zero-order valence-electron chi connectivity index (χ0n) is 10.4. The second kappa shape index (κ2) is 3.65. The lowest BCUT2D eigenvalue weighted by molar-refractivity contribution is -0.0781. The molecule has 0 aromatic heterocycles. The molecular weight excluding hydrogens is 222 g/mol. The summed E-state index contributed by atoms with van der Waals surface area (Å²) in [6.45, 7) is 3.00. The summed E-state index contributed by atoms with van der Waals surface area (Å²) in [4.78, 5) is 6.32. The standard InChI is InChI=1S/C11H17N3O3/c1-12-4-6-15-10-8(12)14(3)9-11(17-10)16-7-5-13(9)2/h4-7H2,1-3H3. The molecule has 0 saturated carbocycles. The molecule has 0 spiro atoms. The van der Waals surface area contributed by atoms with Gasteiger partial charge in [-0.25, -0.2) is 0 Å². The van der Waals surface area contributed by atoms with E-state index in [1.54, 1.807) is 0 Å². The first-order valence-corrected chi connectivity index (χ1v) is 5.76. The molecule has 0 radical (unpaired) electrons. The summed E-state index contributed by atoms with van der Waals surface area (Å²) in [5, 5.41) is 0. The summed E-state index contributed by atoms with van der Waals surface area (Å²) >= 11 is 0. The van der Waals surface area contributed by atoms with Crippen LogP contribution in [0, 0.1) is 0 Å². The highest BCUT2D eigenvalue weighted by molar-refractivity contribution is 5.20. The van der Waals surface area contributed by atoms with Crippen molar-refractivity contribution in [3.63, 3.8) is 0 Å². The topological polar surface area (TPSA) is 37.4 Å². The van der Waals surface area contributed by atoms with Crippen LogP contribution in [0.3, 0.4) is 0 Å². The van der Waals surface area contributed by atoms with Crippen molar-refractivity contribution in [2.75, 3.05) is 47.4 Å². The summed E-state index contributed by atoms with van der Waals surface area (Å²) in [6, 6.07) is 0. The molecule has 94 valence electrons. The first-order chi connectivity index (χ1) is 8.18. The number of ether oxygens (including phenoxy) is 3. The molecule has 6 heteroatoms. The third-order valence-electron chi connectivity index (χ3n) is 3.23. The minimum atomic E-state index is 0.537. The number of likely N-dealkylation sites (N-methyl/N-ethyl adjacent to an activating group) is 2. The highest BCUT2D eigenvalue weighted by Gasteiger charge is 2.37. The van der Waals surface area contributed by atoms with Crippen LogP contribution < -0.4 is 0 Å². The first-order valence-electron chi connectivity index (χ1n) is 5.76. The Kier molecular flexibility index (Phi) is 2.24. The van der Waals surface area contributed by atoms with E-state index in [1.165, 1.54) is 0 Å². The fourth-order valence-corrected chi connectivity index (χ4v) is 2.32. The summed E-state index contributed by atoms with van der Waals surface area (Å²) in [5.41, 5.74) is 0. The molecule has 0 aliphatic carbocycles. The normalized spacial score (nSPS) is 23.8. The molecule has 0 aromatic carbocycles. The second-order valence-electron chi connectivity index (χ2n) is 4.42. The van der Waals surface area contributed by atoms with Gasteiger partial charge in [0.05, 0.1) is 13.1 Å². The van der Waals surface area contributed by atoms with Crippen LogP contribution in [0.1, 0.15) is 0 Å². The smallest absolute Gasteiger partial charge is 0.330 e. The van der Waals surface area contributed by atoms with E-state index in [9.17, 15) is 0 Å². The predicted molar refractivity (Wildman–Crippen MR) is 60.1 cm³/mol. The van der Waals surface area contributed by atoms with E-state index in [0.29, 0.717) is 25.1 Å². The van der Waals surface area contributed by atoms with Crippen LogP contribution in [0.2, 0.25) is 0 Å². The summed E-state index contributed by atoms with van der Waals surface area (Å²) < 4.78 is 16.8.